The third-order valence-electron chi connectivity index (χ3n) is 4.57. The predicted octanol–water partition coefficient (Wildman–Crippen LogP) is 4.80. The molecule has 2 amide bonds. The Balaban J connectivity index is 2.01. The van der Waals surface area contributed by atoms with E-state index in [-0.39, 0.29) is 23.6 Å². The molecule has 0 unspecified atom stereocenters. The van der Waals surface area contributed by atoms with Crippen molar-refractivity contribution in [1.82, 2.24) is 0 Å². The van der Waals surface area contributed by atoms with Crippen molar-refractivity contribution in [3.63, 3.8) is 0 Å². The van der Waals surface area contributed by atoms with Crippen molar-refractivity contribution in [2.75, 3.05) is 35.8 Å². The van der Waals surface area contributed by atoms with Crippen molar-refractivity contribution in [2.45, 2.75) is 19.0 Å². The summed E-state index contributed by atoms with van der Waals surface area (Å²) in [5, 5.41) is 3.01. The van der Waals surface area contributed by atoms with Gasteiger partial charge in [0.15, 0.2) is 0 Å². The maximum atomic E-state index is 13.4. The summed E-state index contributed by atoms with van der Waals surface area (Å²) in [5.74, 6) is -0.991. The number of hydrogen-bond acceptors (Lipinski definition) is 3. The second-order valence-corrected chi connectivity index (χ2v) is 7.31. The number of carbonyl (C=O) groups excluding carboxylic acids is 2. The number of anilines is 3. The summed E-state index contributed by atoms with van der Waals surface area (Å²) in [6, 6.07) is 7.86. The quantitative estimate of drug-likeness (QED) is 0.765. The first-order valence-corrected chi connectivity index (χ1v) is 9.25. The molecule has 0 aromatic heterocycles. The summed E-state index contributed by atoms with van der Waals surface area (Å²) < 4.78 is 40.2. The zero-order chi connectivity index (χ0) is 21.3. The van der Waals surface area contributed by atoms with Crippen LogP contribution in [0.25, 0.3) is 0 Å². The van der Waals surface area contributed by atoms with E-state index in [0.29, 0.717) is 29.4 Å². The largest absolute Gasteiger partial charge is 0.416 e. The fraction of sp³-hybridized carbons (Fsp3) is 0.300. The molecule has 2 aromatic carbocycles. The van der Waals surface area contributed by atoms with E-state index in [1.807, 2.05) is 0 Å². The maximum absolute atomic E-state index is 13.4. The van der Waals surface area contributed by atoms with E-state index in [0.717, 1.165) is 12.1 Å². The number of nitrogens with zero attached hydrogens (tertiary/aromatic N) is 2. The molecule has 0 saturated carbocycles. The number of carbonyl (C=O) groups is 2. The minimum absolute atomic E-state index is 0.0615. The van der Waals surface area contributed by atoms with Crippen LogP contribution in [0, 0.1) is 0 Å². The summed E-state index contributed by atoms with van der Waals surface area (Å²) in [6.07, 6.45) is -3.82. The lowest BCUT2D eigenvalue weighted by atomic mass is 10.1. The normalized spacial score (nSPS) is 14.3. The molecule has 1 fully saturated rings. The monoisotopic (exact) mass is 425 g/mol. The van der Waals surface area contributed by atoms with Crippen molar-refractivity contribution in [3.05, 3.63) is 52.5 Å². The summed E-state index contributed by atoms with van der Waals surface area (Å²) in [5.41, 5.74) is -0.225. The van der Waals surface area contributed by atoms with Gasteiger partial charge in [0.2, 0.25) is 5.91 Å². The standard InChI is InChI=1S/C20H19ClF3N3O2/c1-26(2)18-15(21)5-3-6-16(18)25-19(29)12-9-13(20(22,23)24)11-14(10-12)27-8-4-7-17(27)28/h3,5-6,9-11H,4,7-8H2,1-2H3,(H,25,29). The van der Waals surface area contributed by atoms with Gasteiger partial charge in [-0.05, 0) is 36.8 Å². The molecule has 1 heterocycles. The van der Waals surface area contributed by atoms with E-state index >= 15 is 0 Å². The van der Waals surface area contributed by atoms with E-state index < -0.39 is 17.6 Å². The summed E-state index contributed by atoms with van der Waals surface area (Å²) >= 11 is 6.18. The second-order valence-electron chi connectivity index (χ2n) is 6.90. The van der Waals surface area contributed by atoms with Gasteiger partial charge in [0, 0.05) is 38.3 Å². The molecule has 0 atom stereocenters. The first kappa shape index (κ1) is 21.0. The highest BCUT2D eigenvalue weighted by Gasteiger charge is 2.33. The van der Waals surface area contributed by atoms with Gasteiger partial charge in [0.25, 0.3) is 5.91 Å². The van der Waals surface area contributed by atoms with Gasteiger partial charge in [-0.2, -0.15) is 13.2 Å². The highest BCUT2D eigenvalue weighted by atomic mass is 35.5. The third-order valence-corrected chi connectivity index (χ3v) is 4.88. The Labute approximate surface area is 171 Å². The number of para-hydroxylation sites is 1. The zero-order valence-corrected chi connectivity index (χ0v) is 16.6. The number of halogens is 4. The zero-order valence-electron chi connectivity index (χ0n) is 15.8. The molecule has 1 N–H and O–H groups in total. The van der Waals surface area contributed by atoms with Crippen LogP contribution in [0.2, 0.25) is 5.02 Å². The van der Waals surface area contributed by atoms with Crippen molar-refractivity contribution in [2.24, 2.45) is 0 Å². The number of alkyl halides is 3. The van der Waals surface area contributed by atoms with Crippen LogP contribution >= 0.6 is 11.6 Å². The van der Waals surface area contributed by atoms with Gasteiger partial charge in [-0.15, -0.1) is 0 Å². The molecule has 1 saturated heterocycles. The Morgan fingerprint density at radius 1 is 1.21 bits per heavy atom. The predicted molar refractivity (Wildman–Crippen MR) is 107 cm³/mol. The van der Waals surface area contributed by atoms with Gasteiger partial charge in [0.05, 0.1) is 22.0 Å². The lowest BCUT2D eigenvalue weighted by Gasteiger charge is -2.21. The van der Waals surface area contributed by atoms with E-state index in [2.05, 4.69) is 5.32 Å². The van der Waals surface area contributed by atoms with E-state index in [1.165, 1.54) is 11.0 Å². The molecule has 29 heavy (non-hydrogen) atoms. The highest BCUT2D eigenvalue weighted by Crippen LogP contribution is 2.36. The van der Waals surface area contributed by atoms with Gasteiger partial charge in [-0.3, -0.25) is 9.59 Å². The van der Waals surface area contributed by atoms with E-state index in [4.69, 9.17) is 11.6 Å². The number of amides is 2. The SMILES string of the molecule is CN(C)c1c(Cl)cccc1NC(=O)c1cc(N2CCCC2=O)cc(C(F)(F)F)c1. The summed E-state index contributed by atoms with van der Waals surface area (Å²) in [6.45, 7) is 0.320. The van der Waals surface area contributed by atoms with Crippen LogP contribution in [0.4, 0.5) is 30.2 Å². The van der Waals surface area contributed by atoms with Crippen molar-refractivity contribution < 1.29 is 22.8 Å². The molecule has 3 rings (SSSR count). The first-order chi connectivity index (χ1) is 13.6. The molecule has 154 valence electrons. The average molecular weight is 426 g/mol. The molecule has 9 heteroatoms. The molecule has 0 radical (unpaired) electrons. The molecular formula is C20H19ClF3N3O2. The number of benzene rings is 2. The summed E-state index contributed by atoms with van der Waals surface area (Å²) in [7, 11) is 3.47. The molecule has 1 aliphatic rings. The van der Waals surface area contributed by atoms with Crippen molar-refractivity contribution in [3.8, 4) is 0 Å². The van der Waals surface area contributed by atoms with Gasteiger partial charge in [0.1, 0.15) is 0 Å². The summed E-state index contributed by atoms with van der Waals surface area (Å²) in [4.78, 5) is 27.7. The Hall–Kier alpha value is -2.74. The number of rotatable bonds is 4. The fourth-order valence-corrected chi connectivity index (χ4v) is 3.59. The first-order valence-electron chi connectivity index (χ1n) is 8.88. The lowest BCUT2D eigenvalue weighted by Crippen LogP contribution is -2.25. The van der Waals surface area contributed by atoms with Crippen LogP contribution in [-0.2, 0) is 11.0 Å². The minimum atomic E-state index is -4.65. The molecule has 0 bridgehead atoms. The topological polar surface area (TPSA) is 52.7 Å². The Morgan fingerprint density at radius 2 is 1.93 bits per heavy atom. The van der Waals surface area contributed by atoms with E-state index in [1.54, 1.807) is 37.2 Å². The number of hydrogen-bond donors (Lipinski definition) is 1. The van der Waals surface area contributed by atoms with Crippen LogP contribution in [-0.4, -0.2) is 32.5 Å². The molecular weight excluding hydrogens is 407 g/mol. The Bertz CT molecular complexity index is 960. The molecule has 0 aliphatic carbocycles. The molecule has 5 nitrogen and oxygen atoms in total. The van der Waals surface area contributed by atoms with Crippen LogP contribution in [0.5, 0.6) is 0 Å². The minimum Gasteiger partial charge on any atom is -0.375 e. The van der Waals surface area contributed by atoms with Gasteiger partial charge in [-0.25, -0.2) is 0 Å². The van der Waals surface area contributed by atoms with Crippen LogP contribution < -0.4 is 15.1 Å². The maximum Gasteiger partial charge on any atom is 0.416 e. The second kappa shape index (κ2) is 7.94. The van der Waals surface area contributed by atoms with Gasteiger partial charge >= 0.3 is 6.18 Å². The Kier molecular flexibility index (Phi) is 5.75. The van der Waals surface area contributed by atoms with Gasteiger partial charge in [-0.1, -0.05) is 17.7 Å². The average Bonchev–Trinajstić information content (AvgIpc) is 3.06. The Morgan fingerprint density at radius 3 is 2.52 bits per heavy atom. The highest BCUT2D eigenvalue weighted by molar-refractivity contribution is 6.34. The molecule has 1 aliphatic heterocycles. The molecule has 0 spiro atoms. The van der Waals surface area contributed by atoms with E-state index in [9.17, 15) is 22.8 Å². The van der Waals surface area contributed by atoms with Crippen molar-refractivity contribution in [1.29, 1.82) is 0 Å². The molecule has 2 aromatic rings. The van der Waals surface area contributed by atoms with Crippen LogP contribution in [0.15, 0.2) is 36.4 Å². The number of nitrogens with one attached hydrogen (secondary N) is 1. The third kappa shape index (κ3) is 4.48. The van der Waals surface area contributed by atoms with Crippen LogP contribution in [0.3, 0.4) is 0 Å². The van der Waals surface area contributed by atoms with Crippen molar-refractivity contribution >= 4 is 40.5 Å². The van der Waals surface area contributed by atoms with Crippen LogP contribution in [0.1, 0.15) is 28.8 Å². The lowest BCUT2D eigenvalue weighted by molar-refractivity contribution is -0.137. The smallest absolute Gasteiger partial charge is 0.375 e. The fourth-order valence-electron chi connectivity index (χ4n) is 3.25. The van der Waals surface area contributed by atoms with Gasteiger partial charge < -0.3 is 15.1 Å².